The molecule has 90 valence electrons. The molecule has 2 atom stereocenters. The van der Waals surface area contributed by atoms with E-state index >= 15 is 0 Å². The van der Waals surface area contributed by atoms with Crippen LogP contribution in [0.15, 0.2) is 30.3 Å². The molecule has 1 aromatic carbocycles. The maximum atomic E-state index is 3.05. The van der Waals surface area contributed by atoms with Crippen molar-refractivity contribution in [1.82, 2.24) is 4.90 Å². The van der Waals surface area contributed by atoms with Gasteiger partial charge in [-0.2, -0.15) is 0 Å². The van der Waals surface area contributed by atoms with Crippen LogP contribution in [-0.4, -0.2) is 24.3 Å². The summed E-state index contributed by atoms with van der Waals surface area (Å²) in [5.74, 6) is 0. The van der Waals surface area contributed by atoms with Gasteiger partial charge in [0, 0.05) is 5.28 Å². The Kier molecular flexibility index (Phi) is 4.15. The monoisotopic (exact) mass is 237 g/mol. The number of hydrogen-bond donors (Lipinski definition) is 0. The van der Waals surface area contributed by atoms with Gasteiger partial charge in [0.2, 0.25) is 0 Å². The van der Waals surface area contributed by atoms with Gasteiger partial charge in [-0.15, -0.1) is 9.24 Å². The van der Waals surface area contributed by atoms with Crippen molar-refractivity contribution in [2.75, 3.05) is 14.1 Å². The number of nitrogens with zero attached hydrogens (tertiary/aromatic N) is 1. The van der Waals surface area contributed by atoms with Gasteiger partial charge in [0.1, 0.15) is 0 Å². The fraction of sp³-hybridized carbons (Fsp3) is 0.571. The summed E-state index contributed by atoms with van der Waals surface area (Å²) in [7, 11) is 7.36. The molecular formula is C14H24NP. The Bertz CT molecular complexity index is 326. The van der Waals surface area contributed by atoms with E-state index in [1.807, 2.05) is 0 Å². The molecule has 0 saturated heterocycles. The summed E-state index contributed by atoms with van der Waals surface area (Å²) in [4.78, 5) is 2.31. The standard InChI is InChI=1S/C14H24NP/c1-13(2,3)14(16,15(4)5)11-12-9-7-6-8-10-12/h6-10H,11,16H2,1-5H3. The summed E-state index contributed by atoms with van der Waals surface area (Å²) in [6.07, 6.45) is 1.05. The Labute approximate surface area is 102 Å². The summed E-state index contributed by atoms with van der Waals surface area (Å²) in [5.41, 5.74) is 1.61. The molecule has 1 nitrogen and oxygen atoms in total. The second kappa shape index (κ2) is 4.85. The molecule has 1 aromatic rings. The lowest BCUT2D eigenvalue weighted by atomic mass is 9.81. The number of benzene rings is 1. The third kappa shape index (κ3) is 2.84. The van der Waals surface area contributed by atoms with Gasteiger partial charge in [-0.1, -0.05) is 51.1 Å². The second-order valence-electron chi connectivity index (χ2n) is 5.73. The van der Waals surface area contributed by atoms with Gasteiger partial charge in [-0.25, -0.2) is 0 Å². The van der Waals surface area contributed by atoms with Gasteiger partial charge < -0.3 is 0 Å². The normalized spacial score (nSPS) is 16.2. The SMILES string of the molecule is CN(C)C(P)(Cc1ccccc1)C(C)(C)C. The Morgan fingerprint density at radius 2 is 1.56 bits per heavy atom. The highest BCUT2D eigenvalue weighted by molar-refractivity contribution is 7.19. The molecule has 0 radical (unpaired) electrons. The first-order valence-corrected chi connectivity index (χ1v) is 6.35. The van der Waals surface area contributed by atoms with E-state index < -0.39 is 0 Å². The highest BCUT2D eigenvalue weighted by Gasteiger charge is 2.39. The molecule has 0 aliphatic heterocycles. The molecule has 0 spiro atoms. The van der Waals surface area contributed by atoms with Crippen LogP contribution in [0.1, 0.15) is 26.3 Å². The summed E-state index contributed by atoms with van der Waals surface area (Å²) in [5, 5.41) is 0.0916. The molecule has 1 rings (SSSR count). The van der Waals surface area contributed by atoms with Crippen molar-refractivity contribution in [3.63, 3.8) is 0 Å². The minimum absolute atomic E-state index is 0.0916. The highest BCUT2D eigenvalue weighted by atomic mass is 31.0. The first kappa shape index (κ1) is 13.7. The van der Waals surface area contributed by atoms with Gasteiger partial charge in [0.05, 0.1) is 0 Å². The van der Waals surface area contributed by atoms with Crippen LogP contribution in [-0.2, 0) is 6.42 Å². The molecule has 0 aromatic heterocycles. The van der Waals surface area contributed by atoms with Crippen LogP contribution in [0.4, 0.5) is 0 Å². The fourth-order valence-corrected chi connectivity index (χ4v) is 2.24. The first-order chi connectivity index (χ1) is 7.27. The predicted octanol–water partition coefficient (Wildman–Crippen LogP) is 3.41. The average Bonchev–Trinajstić information content (AvgIpc) is 2.17. The van der Waals surface area contributed by atoms with Crippen LogP contribution in [0.3, 0.4) is 0 Å². The molecule has 0 bridgehead atoms. The average molecular weight is 237 g/mol. The van der Waals surface area contributed by atoms with Crippen LogP contribution in [0.5, 0.6) is 0 Å². The number of likely N-dealkylation sites (N-methyl/N-ethyl adjacent to an activating group) is 1. The van der Waals surface area contributed by atoms with Gasteiger partial charge in [0.25, 0.3) is 0 Å². The molecule has 16 heavy (non-hydrogen) atoms. The third-order valence-electron chi connectivity index (χ3n) is 3.41. The lowest BCUT2D eigenvalue weighted by Gasteiger charge is -2.47. The summed E-state index contributed by atoms with van der Waals surface area (Å²) in [6, 6.07) is 10.7. The summed E-state index contributed by atoms with van der Waals surface area (Å²) < 4.78 is 0. The van der Waals surface area contributed by atoms with Crippen molar-refractivity contribution in [2.24, 2.45) is 5.41 Å². The zero-order valence-corrected chi connectivity index (χ0v) is 12.3. The molecule has 0 heterocycles. The van der Waals surface area contributed by atoms with Crippen molar-refractivity contribution in [1.29, 1.82) is 0 Å². The van der Waals surface area contributed by atoms with Crippen molar-refractivity contribution >= 4 is 9.24 Å². The molecule has 0 fully saturated rings. The quantitative estimate of drug-likeness (QED) is 0.728. The lowest BCUT2D eigenvalue weighted by Crippen LogP contribution is -2.50. The maximum absolute atomic E-state index is 3.05. The van der Waals surface area contributed by atoms with E-state index in [0.717, 1.165) is 6.42 Å². The zero-order chi connectivity index (χ0) is 12.4. The van der Waals surface area contributed by atoms with Crippen molar-refractivity contribution in [3.8, 4) is 0 Å². The topological polar surface area (TPSA) is 3.24 Å². The van der Waals surface area contributed by atoms with E-state index in [4.69, 9.17) is 0 Å². The molecule has 0 aliphatic carbocycles. The predicted molar refractivity (Wildman–Crippen MR) is 75.7 cm³/mol. The van der Waals surface area contributed by atoms with Crippen LogP contribution in [0.2, 0.25) is 0 Å². The Balaban J connectivity index is 2.98. The van der Waals surface area contributed by atoms with E-state index in [1.165, 1.54) is 5.56 Å². The second-order valence-corrected chi connectivity index (χ2v) is 6.69. The molecule has 2 unspecified atom stereocenters. The van der Waals surface area contributed by atoms with Crippen LogP contribution in [0, 0.1) is 5.41 Å². The first-order valence-electron chi connectivity index (χ1n) is 5.77. The Morgan fingerprint density at radius 1 is 1.06 bits per heavy atom. The Hall–Kier alpha value is -0.390. The van der Waals surface area contributed by atoms with E-state index in [0.29, 0.717) is 0 Å². The highest BCUT2D eigenvalue weighted by Crippen LogP contribution is 2.42. The fourth-order valence-electron chi connectivity index (χ4n) is 2.00. The largest absolute Gasteiger partial charge is 0.300 e. The number of rotatable bonds is 3. The maximum Gasteiger partial charge on any atom is 0.0432 e. The minimum Gasteiger partial charge on any atom is -0.300 e. The van der Waals surface area contributed by atoms with Crippen LogP contribution < -0.4 is 0 Å². The lowest BCUT2D eigenvalue weighted by molar-refractivity contribution is 0.116. The smallest absolute Gasteiger partial charge is 0.0432 e. The van der Waals surface area contributed by atoms with E-state index in [-0.39, 0.29) is 10.7 Å². The molecule has 0 saturated carbocycles. The van der Waals surface area contributed by atoms with Crippen LogP contribution in [0.25, 0.3) is 0 Å². The van der Waals surface area contributed by atoms with Crippen molar-refractivity contribution < 1.29 is 0 Å². The van der Waals surface area contributed by atoms with Gasteiger partial charge in [0.15, 0.2) is 0 Å². The zero-order valence-electron chi connectivity index (χ0n) is 11.1. The van der Waals surface area contributed by atoms with Gasteiger partial charge in [-0.3, -0.25) is 4.90 Å². The minimum atomic E-state index is 0.0916. The van der Waals surface area contributed by atoms with E-state index in [1.54, 1.807) is 0 Å². The van der Waals surface area contributed by atoms with Crippen LogP contribution >= 0.6 is 9.24 Å². The van der Waals surface area contributed by atoms with Gasteiger partial charge in [-0.05, 0) is 31.5 Å². The molecule has 2 heteroatoms. The number of hydrogen-bond acceptors (Lipinski definition) is 1. The summed E-state index contributed by atoms with van der Waals surface area (Å²) >= 11 is 0. The summed E-state index contributed by atoms with van der Waals surface area (Å²) in [6.45, 7) is 6.88. The molecule has 0 N–H and O–H groups in total. The van der Waals surface area contributed by atoms with Crippen molar-refractivity contribution in [2.45, 2.75) is 32.5 Å². The van der Waals surface area contributed by atoms with Gasteiger partial charge >= 0.3 is 0 Å². The van der Waals surface area contributed by atoms with E-state index in [2.05, 4.69) is 79.3 Å². The van der Waals surface area contributed by atoms with E-state index in [9.17, 15) is 0 Å². The van der Waals surface area contributed by atoms with Crippen molar-refractivity contribution in [3.05, 3.63) is 35.9 Å². The molecular weight excluding hydrogens is 213 g/mol. The molecule has 0 aliphatic rings. The Morgan fingerprint density at radius 3 is 1.94 bits per heavy atom. The molecule has 0 amide bonds. The third-order valence-corrected chi connectivity index (χ3v) is 5.00.